The second-order valence-corrected chi connectivity index (χ2v) is 8.67. The van der Waals surface area contributed by atoms with Crippen LogP contribution in [0.15, 0.2) is 29.9 Å². The molecule has 4 rings (SSSR count). The zero-order chi connectivity index (χ0) is 19.6. The quantitative estimate of drug-likeness (QED) is 0.802. The van der Waals surface area contributed by atoms with Gasteiger partial charge in [-0.2, -0.15) is 0 Å². The molecule has 7 nitrogen and oxygen atoms in total. The number of rotatable bonds is 5. The molecule has 2 amide bonds. The summed E-state index contributed by atoms with van der Waals surface area (Å²) in [5.74, 6) is -0.0996. The van der Waals surface area contributed by atoms with Gasteiger partial charge in [-0.3, -0.25) is 19.5 Å². The Morgan fingerprint density at radius 3 is 3.04 bits per heavy atom. The predicted octanol–water partition coefficient (Wildman–Crippen LogP) is 1.89. The lowest BCUT2D eigenvalue weighted by molar-refractivity contribution is -0.134. The summed E-state index contributed by atoms with van der Waals surface area (Å²) < 4.78 is 0. The molecular weight excluding hydrogens is 374 g/mol. The number of thiazole rings is 1. The summed E-state index contributed by atoms with van der Waals surface area (Å²) in [5, 5.41) is 8.84. The van der Waals surface area contributed by atoms with Crippen LogP contribution in [0.3, 0.4) is 0 Å². The number of hydrogen-bond acceptors (Lipinski definition) is 6. The number of fused-ring (bicyclic) bond motifs is 1. The van der Waals surface area contributed by atoms with Crippen molar-refractivity contribution < 1.29 is 9.59 Å². The Morgan fingerprint density at radius 2 is 2.29 bits per heavy atom. The van der Waals surface area contributed by atoms with Crippen LogP contribution in [0.1, 0.15) is 46.7 Å². The van der Waals surface area contributed by atoms with Crippen molar-refractivity contribution in [3.05, 3.63) is 46.2 Å². The fourth-order valence-electron chi connectivity index (χ4n) is 4.35. The first-order chi connectivity index (χ1) is 13.6. The van der Waals surface area contributed by atoms with Crippen molar-refractivity contribution >= 4 is 23.2 Å². The molecule has 4 heterocycles. The first-order valence-electron chi connectivity index (χ1n) is 9.72. The van der Waals surface area contributed by atoms with Gasteiger partial charge in [0.25, 0.3) is 5.91 Å². The number of aromatic nitrogens is 2. The van der Waals surface area contributed by atoms with Gasteiger partial charge in [0.05, 0.1) is 5.01 Å². The van der Waals surface area contributed by atoms with Crippen LogP contribution >= 0.6 is 11.3 Å². The molecule has 2 aromatic heterocycles. The maximum atomic E-state index is 13.2. The van der Waals surface area contributed by atoms with Crippen molar-refractivity contribution in [3.63, 3.8) is 0 Å². The molecule has 0 radical (unpaired) electrons. The zero-order valence-corrected chi connectivity index (χ0v) is 16.8. The predicted molar refractivity (Wildman–Crippen MR) is 107 cm³/mol. The second kappa shape index (κ2) is 7.97. The molecule has 0 bridgehead atoms. The van der Waals surface area contributed by atoms with E-state index in [1.807, 2.05) is 19.1 Å². The van der Waals surface area contributed by atoms with Crippen molar-refractivity contribution in [2.75, 3.05) is 13.1 Å². The van der Waals surface area contributed by atoms with Gasteiger partial charge in [0.1, 0.15) is 11.2 Å². The average molecular weight is 400 g/mol. The van der Waals surface area contributed by atoms with E-state index >= 15 is 0 Å². The molecule has 8 heteroatoms. The molecule has 0 aliphatic carbocycles. The number of nitrogens with zero attached hydrogens (tertiary/aromatic N) is 3. The second-order valence-electron chi connectivity index (χ2n) is 7.60. The number of carbonyl (C=O) groups is 2. The number of amides is 2. The van der Waals surface area contributed by atoms with Gasteiger partial charge in [-0.25, -0.2) is 4.98 Å². The number of aryl methyl sites for hydroxylation is 1. The molecule has 2 fully saturated rings. The van der Waals surface area contributed by atoms with E-state index in [0.717, 1.165) is 36.4 Å². The Labute approximate surface area is 168 Å². The van der Waals surface area contributed by atoms with E-state index in [9.17, 15) is 9.59 Å². The Bertz CT molecular complexity index is 855. The summed E-state index contributed by atoms with van der Waals surface area (Å²) in [4.78, 5) is 36.3. The smallest absolute Gasteiger partial charge is 0.271 e. The molecule has 2 aliphatic rings. The van der Waals surface area contributed by atoms with Crippen LogP contribution in [0.4, 0.5) is 0 Å². The average Bonchev–Trinajstić information content (AvgIpc) is 3.30. The lowest BCUT2D eigenvalue weighted by Crippen LogP contribution is -2.57. The highest BCUT2D eigenvalue weighted by molar-refractivity contribution is 7.09. The van der Waals surface area contributed by atoms with Crippen LogP contribution in [0, 0.1) is 6.92 Å². The first-order valence-corrected chi connectivity index (χ1v) is 10.6. The molecule has 2 atom stereocenters. The minimum Gasteiger partial charge on any atom is -0.350 e. The minimum absolute atomic E-state index is 0.0447. The number of nitrogens with one attached hydrogen (secondary N) is 2. The van der Waals surface area contributed by atoms with Crippen molar-refractivity contribution in [2.24, 2.45) is 0 Å². The van der Waals surface area contributed by atoms with E-state index in [0.29, 0.717) is 25.2 Å². The van der Waals surface area contributed by atoms with Gasteiger partial charge >= 0.3 is 0 Å². The summed E-state index contributed by atoms with van der Waals surface area (Å²) in [7, 11) is 0. The molecule has 28 heavy (non-hydrogen) atoms. The summed E-state index contributed by atoms with van der Waals surface area (Å²) in [6, 6.07) is 3.78. The van der Waals surface area contributed by atoms with Crippen LogP contribution in [-0.4, -0.2) is 51.4 Å². The van der Waals surface area contributed by atoms with Crippen molar-refractivity contribution in [1.82, 2.24) is 25.5 Å². The molecule has 2 N–H and O–H groups in total. The standard InChI is InChI=1S/C20H25N5O2S/c1-14-23-17(13-28-14)18(26)24-16-9-20(6-2-3-8-25(20)12-16)19(27)22-11-15-5-4-7-21-10-15/h4-5,7,10,13,16H,2-3,6,8-9,11-12H2,1H3,(H,22,27)(H,24,26)/t16-,20+/m0/s1. The molecule has 0 aromatic carbocycles. The lowest BCUT2D eigenvalue weighted by Gasteiger charge is -2.40. The third-order valence-corrected chi connectivity index (χ3v) is 6.46. The van der Waals surface area contributed by atoms with Gasteiger partial charge in [0.15, 0.2) is 0 Å². The van der Waals surface area contributed by atoms with Gasteiger partial charge in [0, 0.05) is 36.9 Å². The molecule has 2 aliphatic heterocycles. The summed E-state index contributed by atoms with van der Waals surface area (Å²) >= 11 is 1.47. The lowest BCUT2D eigenvalue weighted by atomic mass is 9.84. The summed E-state index contributed by atoms with van der Waals surface area (Å²) in [5.41, 5.74) is 0.912. The maximum Gasteiger partial charge on any atom is 0.271 e. The van der Waals surface area contributed by atoms with Gasteiger partial charge in [-0.15, -0.1) is 11.3 Å². The van der Waals surface area contributed by atoms with Gasteiger partial charge in [-0.1, -0.05) is 6.07 Å². The molecular formula is C20H25N5O2S. The highest BCUT2D eigenvalue weighted by Crippen LogP contribution is 2.38. The van der Waals surface area contributed by atoms with Crippen LogP contribution in [0.5, 0.6) is 0 Å². The molecule has 2 aromatic rings. The monoisotopic (exact) mass is 399 g/mol. The van der Waals surface area contributed by atoms with Crippen molar-refractivity contribution in [3.8, 4) is 0 Å². The van der Waals surface area contributed by atoms with Gasteiger partial charge in [0.2, 0.25) is 5.91 Å². The highest BCUT2D eigenvalue weighted by Gasteiger charge is 2.52. The summed E-state index contributed by atoms with van der Waals surface area (Å²) in [6.45, 7) is 3.95. The zero-order valence-electron chi connectivity index (χ0n) is 16.0. The SMILES string of the molecule is Cc1nc(C(=O)N[C@@H]2CN3CCCC[C@]3(C(=O)NCc3cccnc3)C2)cs1. The first kappa shape index (κ1) is 19.0. The van der Waals surface area contributed by atoms with Crippen molar-refractivity contribution in [2.45, 2.75) is 50.7 Å². The fraction of sp³-hybridized carbons (Fsp3) is 0.500. The number of hydrogen-bond donors (Lipinski definition) is 2. The number of pyridine rings is 1. The Morgan fingerprint density at radius 1 is 1.39 bits per heavy atom. The normalized spacial score (nSPS) is 24.5. The van der Waals surface area contributed by atoms with Crippen molar-refractivity contribution in [1.29, 1.82) is 0 Å². The number of piperidine rings is 1. The van der Waals surface area contributed by atoms with E-state index in [2.05, 4.69) is 25.5 Å². The van der Waals surface area contributed by atoms with E-state index in [1.54, 1.807) is 17.8 Å². The van der Waals surface area contributed by atoms with E-state index < -0.39 is 5.54 Å². The van der Waals surface area contributed by atoms with E-state index in [1.165, 1.54) is 11.3 Å². The minimum atomic E-state index is -0.531. The van der Waals surface area contributed by atoms with Crippen LogP contribution in [0.25, 0.3) is 0 Å². The molecule has 0 spiro atoms. The number of carbonyl (C=O) groups excluding carboxylic acids is 2. The molecule has 2 saturated heterocycles. The molecule has 0 unspecified atom stereocenters. The Hall–Kier alpha value is -2.32. The molecule has 0 saturated carbocycles. The Kier molecular flexibility index (Phi) is 5.41. The maximum absolute atomic E-state index is 13.2. The van der Waals surface area contributed by atoms with Gasteiger partial charge in [-0.05, 0) is 50.8 Å². The Balaban J connectivity index is 1.43. The highest BCUT2D eigenvalue weighted by atomic mass is 32.1. The summed E-state index contributed by atoms with van der Waals surface area (Å²) in [6.07, 6.45) is 7.08. The third kappa shape index (κ3) is 3.79. The third-order valence-electron chi connectivity index (χ3n) is 5.68. The van der Waals surface area contributed by atoms with Crippen LogP contribution in [0.2, 0.25) is 0 Å². The van der Waals surface area contributed by atoms with Crippen LogP contribution in [-0.2, 0) is 11.3 Å². The topological polar surface area (TPSA) is 87.2 Å². The molecule has 148 valence electrons. The fourth-order valence-corrected chi connectivity index (χ4v) is 4.94. The van der Waals surface area contributed by atoms with Gasteiger partial charge < -0.3 is 10.6 Å². The van der Waals surface area contributed by atoms with Crippen LogP contribution < -0.4 is 10.6 Å². The van der Waals surface area contributed by atoms with E-state index in [-0.39, 0.29) is 17.9 Å². The van der Waals surface area contributed by atoms with E-state index in [4.69, 9.17) is 0 Å². The largest absolute Gasteiger partial charge is 0.350 e.